The van der Waals surface area contributed by atoms with Crippen LogP contribution in [0.1, 0.15) is 31.1 Å². The van der Waals surface area contributed by atoms with E-state index in [0.29, 0.717) is 0 Å². The average molecular weight is 362 g/mol. The van der Waals surface area contributed by atoms with Crippen LogP contribution in [-0.2, 0) is 7.05 Å². The lowest BCUT2D eigenvalue weighted by Crippen LogP contribution is -2.29. The summed E-state index contributed by atoms with van der Waals surface area (Å²) in [5.74, 6) is 1.47. The third-order valence-corrected chi connectivity index (χ3v) is 4.02. The van der Waals surface area contributed by atoms with E-state index in [1.54, 1.807) is 12.1 Å². The summed E-state index contributed by atoms with van der Waals surface area (Å²) in [5, 5.41) is 12.1. The molecule has 0 bridgehead atoms. The predicted octanol–water partition coefficient (Wildman–Crippen LogP) is 3.38. The highest BCUT2D eigenvalue weighted by molar-refractivity contribution is 5.85. The molecule has 1 atom stereocenters. The Balaban J connectivity index is 0.00000132. The lowest BCUT2D eigenvalue weighted by Gasteiger charge is -2.23. The van der Waals surface area contributed by atoms with E-state index in [0.717, 1.165) is 30.4 Å². The fraction of sp³-hybridized carbons (Fsp3) is 0.467. The minimum absolute atomic E-state index is 0. The molecular weight excluding hydrogens is 340 g/mol. The number of piperidine rings is 1. The van der Waals surface area contributed by atoms with Crippen molar-refractivity contribution < 1.29 is 4.39 Å². The molecule has 1 aliphatic rings. The van der Waals surface area contributed by atoms with Gasteiger partial charge in [0, 0.05) is 19.8 Å². The monoisotopic (exact) mass is 361 g/mol. The first kappa shape index (κ1) is 19.7. The van der Waals surface area contributed by atoms with Gasteiger partial charge in [-0.1, -0.05) is 6.42 Å². The van der Waals surface area contributed by atoms with E-state index in [9.17, 15) is 4.39 Å². The fourth-order valence-corrected chi connectivity index (χ4v) is 2.78. The van der Waals surface area contributed by atoms with E-state index < -0.39 is 0 Å². The Morgan fingerprint density at radius 3 is 2.48 bits per heavy atom. The second-order valence-electron chi connectivity index (χ2n) is 5.46. The van der Waals surface area contributed by atoms with Crippen molar-refractivity contribution in [1.82, 2.24) is 20.1 Å². The van der Waals surface area contributed by atoms with Crippen molar-refractivity contribution in [2.24, 2.45) is 7.05 Å². The number of nitrogens with zero attached hydrogens (tertiary/aromatic N) is 4. The number of halogens is 3. The molecule has 1 aromatic carbocycles. The Morgan fingerprint density at radius 2 is 1.87 bits per heavy atom. The van der Waals surface area contributed by atoms with Crippen LogP contribution in [0.15, 0.2) is 24.3 Å². The number of benzene rings is 1. The zero-order chi connectivity index (χ0) is 14.8. The predicted molar refractivity (Wildman–Crippen MR) is 94.6 cm³/mol. The molecule has 2 heterocycles. The molecule has 5 nitrogen and oxygen atoms in total. The van der Waals surface area contributed by atoms with E-state index in [4.69, 9.17) is 0 Å². The summed E-state index contributed by atoms with van der Waals surface area (Å²) in [7, 11) is 3.89. The van der Waals surface area contributed by atoms with Gasteiger partial charge in [-0.2, -0.15) is 0 Å². The summed E-state index contributed by atoms with van der Waals surface area (Å²) in [6.45, 7) is 1.03. The van der Waals surface area contributed by atoms with E-state index in [-0.39, 0.29) is 36.7 Å². The highest BCUT2D eigenvalue weighted by atomic mass is 35.5. The molecule has 8 heteroatoms. The molecule has 1 aliphatic heterocycles. The van der Waals surface area contributed by atoms with Gasteiger partial charge in [0.05, 0.1) is 6.04 Å². The largest absolute Gasteiger partial charge is 0.314 e. The summed E-state index contributed by atoms with van der Waals surface area (Å²) in [6, 6.07) is 6.65. The number of anilines is 2. The van der Waals surface area contributed by atoms with Crippen molar-refractivity contribution in [2.45, 2.75) is 25.3 Å². The second-order valence-corrected chi connectivity index (χ2v) is 5.46. The molecule has 0 spiro atoms. The van der Waals surface area contributed by atoms with Crippen LogP contribution < -0.4 is 10.2 Å². The highest BCUT2D eigenvalue weighted by Gasteiger charge is 2.22. The Morgan fingerprint density at radius 1 is 1.17 bits per heavy atom. The van der Waals surface area contributed by atoms with Crippen molar-refractivity contribution in [3.63, 3.8) is 0 Å². The van der Waals surface area contributed by atoms with Crippen LogP contribution in [-0.4, -0.2) is 28.4 Å². The SMILES string of the molecule is CN(c1ccc(F)cc1)c1nnc(C2CCCCN2)n1C.Cl.Cl. The van der Waals surface area contributed by atoms with Gasteiger partial charge in [0.1, 0.15) is 5.82 Å². The molecule has 3 rings (SSSR count). The summed E-state index contributed by atoms with van der Waals surface area (Å²) >= 11 is 0. The molecule has 23 heavy (non-hydrogen) atoms. The highest BCUT2D eigenvalue weighted by Crippen LogP contribution is 2.26. The second kappa shape index (κ2) is 8.47. The standard InChI is InChI=1S/C15H20FN5.2ClH/c1-20(12-8-6-11(16)7-9-12)15-19-18-14(21(15)2)13-5-3-4-10-17-13;;/h6-9,13,17H,3-5,10H2,1-2H3;2*1H. The van der Waals surface area contributed by atoms with Gasteiger partial charge in [0.15, 0.2) is 5.82 Å². The molecule has 1 fully saturated rings. The molecule has 1 unspecified atom stereocenters. The number of aromatic nitrogens is 3. The number of hydrogen-bond donors (Lipinski definition) is 1. The van der Waals surface area contributed by atoms with Crippen LogP contribution in [0.3, 0.4) is 0 Å². The average Bonchev–Trinajstić information content (AvgIpc) is 2.90. The Kier molecular flexibility index (Phi) is 7.25. The fourth-order valence-electron chi connectivity index (χ4n) is 2.78. The first-order chi connectivity index (χ1) is 10.2. The summed E-state index contributed by atoms with van der Waals surface area (Å²) in [5.41, 5.74) is 0.884. The lowest BCUT2D eigenvalue weighted by atomic mass is 10.0. The van der Waals surface area contributed by atoms with Gasteiger partial charge in [0.2, 0.25) is 5.95 Å². The van der Waals surface area contributed by atoms with Crippen molar-refractivity contribution in [3.05, 3.63) is 35.9 Å². The van der Waals surface area contributed by atoms with Crippen molar-refractivity contribution in [2.75, 3.05) is 18.5 Å². The van der Waals surface area contributed by atoms with Gasteiger partial charge in [-0.05, 0) is 43.7 Å². The normalized spacial score (nSPS) is 17.1. The molecular formula is C15H22Cl2FN5. The summed E-state index contributed by atoms with van der Waals surface area (Å²) < 4.78 is 15.0. The molecule has 0 radical (unpaired) electrons. The van der Waals surface area contributed by atoms with E-state index in [1.165, 1.54) is 25.0 Å². The summed E-state index contributed by atoms with van der Waals surface area (Å²) in [4.78, 5) is 1.92. The van der Waals surface area contributed by atoms with Gasteiger partial charge in [-0.3, -0.25) is 4.57 Å². The van der Waals surface area contributed by atoms with Crippen LogP contribution >= 0.6 is 24.8 Å². The minimum atomic E-state index is -0.239. The minimum Gasteiger partial charge on any atom is -0.314 e. The van der Waals surface area contributed by atoms with Crippen LogP contribution in [0.25, 0.3) is 0 Å². The van der Waals surface area contributed by atoms with Crippen LogP contribution in [0.4, 0.5) is 16.0 Å². The first-order valence-corrected chi connectivity index (χ1v) is 7.29. The van der Waals surface area contributed by atoms with Crippen molar-refractivity contribution in [3.8, 4) is 0 Å². The van der Waals surface area contributed by atoms with Gasteiger partial charge in [0.25, 0.3) is 0 Å². The Hall–Kier alpha value is -1.37. The molecule has 1 aromatic heterocycles. The maximum atomic E-state index is 13.0. The first-order valence-electron chi connectivity index (χ1n) is 7.29. The maximum Gasteiger partial charge on any atom is 0.231 e. The van der Waals surface area contributed by atoms with Gasteiger partial charge in [-0.15, -0.1) is 35.0 Å². The van der Waals surface area contributed by atoms with Crippen molar-refractivity contribution in [1.29, 1.82) is 0 Å². The molecule has 1 N–H and O–H groups in total. The van der Waals surface area contributed by atoms with Crippen LogP contribution in [0.2, 0.25) is 0 Å². The summed E-state index contributed by atoms with van der Waals surface area (Å²) in [6.07, 6.45) is 3.52. The van der Waals surface area contributed by atoms with E-state index in [1.807, 2.05) is 23.6 Å². The van der Waals surface area contributed by atoms with Gasteiger partial charge < -0.3 is 10.2 Å². The van der Waals surface area contributed by atoms with E-state index in [2.05, 4.69) is 15.5 Å². The molecule has 1 saturated heterocycles. The zero-order valence-electron chi connectivity index (χ0n) is 13.2. The molecule has 2 aromatic rings. The Bertz CT molecular complexity index is 611. The third-order valence-electron chi connectivity index (χ3n) is 4.02. The van der Waals surface area contributed by atoms with Crippen LogP contribution in [0, 0.1) is 5.82 Å². The molecule has 128 valence electrons. The van der Waals surface area contributed by atoms with Gasteiger partial charge in [-0.25, -0.2) is 4.39 Å². The number of nitrogens with one attached hydrogen (secondary N) is 1. The smallest absolute Gasteiger partial charge is 0.231 e. The molecule has 0 amide bonds. The van der Waals surface area contributed by atoms with Crippen molar-refractivity contribution >= 4 is 36.4 Å². The van der Waals surface area contributed by atoms with Crippen LogP contribution in [0.5, 0.6) is 0 Å². The maximum absolute atomic E-state index is 13.0. The molecule has 0 aliphatic carbocycles. The topological polar surface area (TPSA) is 46.0 Å². The lowest BCUT2D eigenvalue weighted by molar-refractivity contribution is 0.390. The number of hydrogen-bond acceptors (Lipinski definition) is 4. The molecule has 0 saturated carbocycles. The zero-order valence-corrected chi connectivity index (χ0v) is 14.8. The third kappa shape index (κ3) is 4.13. The van der Waals surface area contributed by atoms with E-state index >= 15 is 0 Å². The number of rotatable bonds is 3. The Labute approximate surface area is 148 Å². The van der Waals surface area contributed by atoms with Gasteiger partial charge >= 0.3 is 0 Å². The quantitative estimate of drug-likeness (QED) is 0.909.